The van der Waals surface area contributed by atoms with Crippen molar-refractivity contribution in [2.45, 2.75) is 0 Å². The molecule has 0 unspecified atom stereocenters. The summed E-state index contributed by atoms with van der Waals surface area (Å²) in [6.07, 6.45) is 0.952. The van der Waals surface area contributed by atoms with Crippen LogP contribution in [-0.4, -0.2) is 21.0 Å². The topological polar surface area (TPSA) is 105 Å². The Morgan fingerprint density at radius 2 is 2.10 bits per heavy atom. The van der Waals surface area contributed by atoms with Gasteiger partial charge in [0.1, 0.15) is 17.6 Å². The van der Waals surface area contributed by atoms with Crippen LogP contribution in [0.2, 0.25) is 10.0 Å². The number of aromatic nitrogens is 1. The smallest absolute Gasteiger partial charge is 0.339 e. The number of anilines is 2. The number of carboxylic acid groups (broad SMARTS) is 1. The highest BCUT2D eigenvalue weighted by molar-refractivity contribution is 6.43. The van der Waals surface area contributed by atoms with Crippen LogP contribution < -0.4 is 5.32 Å². The predicted octanol–water partition coefficient (Wildman–Crippen LogP) is 3.74. The second-order valence-corrected chi connectivity index (χ2v) is 4.66. The van der Waals surface area contributed by atoms with E-state index in [9.17, 15) is 14.9 Å². The Labute approximate surface area is 128 Å². The lowest BCUT2D eigenvalue weighted by molar-refractivity contribution is -0.385. The first-order chi connectivity index (χ1) is 9.90. The van der Waals surface area contributed by atoms with Gasteiger partial charge in [-0.25, -0.2) is 9.78 Å². The standard InChI is InChI=1S/C12H7Cl2N3O4/c13-8-2-1-3-9(10(8)14)16-11-7(12(18)19)4-6(5-15-11)17(20)21/h1-5H,(H,15,16)(H,18,19). The molecule has 21 heavy (non-hydrogen) atoms. The average molecular weight is 328 g/mol. The number of benzene rings is 1. The van der Waals surface area contributed by atoms with E-state index in [-0.39, 0.29) is 21.4 Å². The molecule has 0 saturated heterocycles. The first kappa shape index (κ1) is 15.0. The van der Waals surface area contributed by atoms with Crippen LogP contribution in [0.25, 0.3) is 0 Å². The molecule has 1 aromatic carbocycles. The molecule has 0 amide bonds. The highest BCUT2D eigenvalue weighted by Gasteiger charge is 2.18. The SMILES string of the molecule is O=C(O)c1cc([N+](=O)[O-])cnc1Nc1cccc(Cl)c1Cl. The normalized spacial score (nSPS) is 10.2. The summed E-state index contributed by atoms with van der Waals surface area (Å²) in [5.41, 5.74) is -0.427. The number of aromatic carboxylic acids is 1. The summed E-state index contributed by atoms with van der Waals surface area (Å²) in [4.78, 5) is 24.9. The summed E-state index contributed by atoms with van der Waals surface area (Å²) < 4.78 is 0. The fourth-order valence-corrected chi connectivity index (χ4v) is 1.89. The van der Waals surface area contributed by atoms with Crippen LogP contribution in [0, 0.1) is 10.1 Å². The van der Waals surface area contributed by atoms with Gasteiger partial charge in [-0.2, -0.15) is 0 Å². The van der Waals surface area contributed by atoms with Gasteiger partial charge >= 0.3 is 5.97 Å². The quantitative estimate of drug-likeness (QED) is 0.654. The minimum absolute atomic E-state index is 0.0720. The van der Waals surface area contributed by atoms with Gasteiger partial charge in [-0.3, -0.25) is 10.1 Å². The van der Waals surface area contributed by atoms with Crippen molar-refractivity contribution in [3.63, 3.8) is 0 Å². The van der Waals surface area contributed by atoms with Gasteiger partial charge in [0.15, 0.2) is 0 Å². The first-order valence-corrected chi connectivity index (χ1v) is 6.24. The highest BCUT2D eigenvalue weighted by atomic mass is 35.5. The van der Waals surface area contributed by atoms with Crippen molar-refractivity contribution < 1.29 is 14.8 Å². The maximum Gasteiger partial charge on any atom is 0.339 e. The average Bonchev–Trinajstić information content (AvgIpc) is 2.43. The Bertz CT molecular complexity index is 736. The van der Waals surface area contributed by atoms with Gasteiger partial charge in [-0.05, 0) is 12.1 Å². The molecule has 2 aromatic rings. The Balaban J connectivity index is 2.46. The molecule has 1 aromatic heterocycles. The van der Waals surface area contributed by atoms with Crippen molar-refractivity contribution in [2.75, 3.05) is 5.32 Å². The molecule has 0 bridgehead atoms. The zero-order chi connectivity index (χ0) is 15.6. The third-order valence-electron chi connectivity index (χ3n) is 2.52. The van der Waals surface area contributed by atoms with Crippen molar-refractivity contribution in [2.24, 2.45) is 0 Å². The molecular formula is C12H7Cl2N3O4. The summed E-state index contributed by atoms with van der Waals surface area (Å²) in [6, 6.07) is 5.66. The van der Waals surface area contributed by atoms with Gasteiger partial charge in [0.2, 0.25) is 0 Å². The molecule has 2 N–H and O–H groups in total. The van der Waals surface area contributed by atoms with Crippen LogP contribution in [0.15, 0.2) is 30.5 Å². The number of rotatable bonds is 4. The summed E-state index contributed by atoms with van der Waals surface area (Å²) in [6.45, 7) is 0. The molecule has 0 aliphatic rings. The molecule has 108 valence electrons. The number of carboxylic acids is 1. The molecule has 0 radical (unpaired) electrons. The number of hydrogen-bond donors (Lipinski definition) is 2. The minimum atomic E-state index is -1.35. The molecule has 7 nitrogen and oxygen atoms in total. The van der Waals surface area contributed by atoms with E-state index in [0.717, 1.165) is 12.3 Å². The first-order valence-electron chi connectivity index (χ1n) is 5.49. The summed E-state index contributed by atoms with van der Waals surface area (Å²) in [5.74, 6) is -1.43. The monoisotopic (exact) mass is 327 g/mol. The van der Waals surface area contributed by atoms with E-state index in [1.54, 1.807) is 18.2 Å². The maximum atomic E-state index is 11.2. The molecule has 0 aliphatic carbocycles. The minimum Gasteiger partial charge on any atom is -0.478 e. The Morgan fingerprint density at radius 3 is 2.71 bits per heavy atom. The molecule has 2 rings (SSSR count). The van der Waals surface area contributed by atoms with E-state index in [2.05, 4.69) is 10.3 Å². The van der Waals surface area contributed by atoms with Crippen molar-refractivity contribution in [3.8, 4) is 0 Å². The molecule has 9 heteroatoms. The van der Waals surface area contributed by atoms with E-state index in [0.29, 0.717) is 5.69 Å². The molecule has 0 aliphatic heterocycles. The lowest BCUT2D eigenvalue weighted by Gasteiger charge is -2.10. The molecule has 0 atom stereocenters. The summed E-state index contributed by atoms with van der Waals surface area (Å²) >= 11 is 11.8. The van der Waals surface area contributed by atoms with Crippen molar-refractivity contribution in [1.29, 1.82) is 0 Å². The van der Waals surface area contributed by atoms with Gasteiger partial charge in [0.05, 0.1) is 20.7 Å². The van der Waals surface area contributed by atoms with Gasteiger partial charge in [-0.15, -0.1) is 0 Å². The van der Waals surface area contributed by atoms with Gasteiger partial charge in [-0.1, -0.05) is 29.3 Å². The Morgan fingerprint density at radius 1 is 1.38 bits per heavy atom. The second kappa shape index (κ2) is 5.94. The van der Waals surface area contributed by atoms with E-state index < -0.39 is 16.6 Å². The Hall–Kier alpha value is -2.38. The number of nitro groups is 1. The lowest BCUT2D eigenvalue weighted by Crippen LogP contribution is -2.06. The van der Waals surface area contributed by atoms with Crippen LogP contribution in [0.1, 0.15) is 10.4 Å². The van der Waals surface area contributed by atoms with E-state index in [4.69, 9.17) is 28.3 Å². The number of pyridine rings is 1. The summed E-state index contributed by atoms with van der Waals surface area (Å²) in [7, 11) is 0. The molecule has 0 spiro atoms. The fourth-order valence-electron chi connectivity index (χ4n) is 1.54. The third-order valence-corrected chi connectivity index (χ3v) is 3.34. The van der Waals surface area contributed by atoms with E-state index in [1.165, 1.54) is 0 Å². The zero-order valence-electron chi connectivity index (χ0n) is 10.2. The lowest BCUT2D eigenvalue weighted by atomic mass is 10.2. The molecule has 0 fully saturated rings. The number of nitrogens with one attached hydrogen (secondary N) is 1. The number of hydrogen-bond acceptors (Lipinski definition) is 5. The number of halogens is 2. The zero-order valence-corrected chi connectivity index (χ0v) is 11.7. The second-order valence-electron chi connectivity index (χ2n) is 3.88. The Kier molecular flexibility index (Phi) is 4.25. The van der Waals surface area contributed by atoms with Crippen molar-refractivity contribution in [3.05, 3.63) is 56.2 Å². The van der Waals surface area contributed by atoms with Crippen LogP contribution in [0.3, 0.4) is 0 Å². The van der Waals surface area contributed by atoms with Crippen LogP contribution >= 0.6 is 23.2 Å². The highest BCUT2D eigenvalue weighted by Crippen LogP contribution is 2.32. The molecule has 1 heterocycles. The van der Waals surface area contributed by atoms with Gasteiger partial charge in [0, 0.05) is 6.07 Å². The molecule has 0 saturated carbocycles. The van der Waals surface area contributed by atoms with Crippen LogP contribution in [-0.2, 0) is 0 Å². The van der Waals surface area contributed by atoms with Gasteiger partial charge < -0.3 is 10.4 Å². The van der Waals surface area contributed by atoms with E-state index >= 15 is 0 Å². The van der Waals surface area contributed by atoms with Crippen LogP contribution in [0.4, 0.5) is 17.2 Å². The predicted molar refractivity (Wildman–Crippen MR) is 77.6 cm³/mol. The number of carbonyl (C=O) groups is 1. The fraction of sp³-hybridized carbons (Fsp3) is 0. The van der Waals surface area contributed by atoms with Gasteiger partial charge in [0.25, 0.3) is 5.69 Å². The number of nitrogens with zero attached hydrogens (tertiary/aromatic N) is 2. The third kappa shape index (κ3) is 3.21. The molecular weight excluding hydrogens is 321 g/mol. The maximum absolute atomic E-state index is 11.2. The largest absolute Gasteiger partial charge is 0.478 e. The van der Waals surface area contributed by atoms with Crippen LogP contribution in [0.5, 0.6) is 0 Å². The summed E-state index contributed by atoms with van der Waals surface area (Å²) in [5, 5.41) is 22.9. The van der Waals surface area contributed by atoms with Crippen molar-refractivity contribution >= 4 is 46.4 Å². The van der Waals surface area contributed by atoms with E-state index in [1.807, 2.05) is 0 Å². The van der Waals surface area contributed by atoms with Crippen molar-refractivity contribution in [1.82, 2.24) is 4.98 Å².